The Morgan fingerprint density at radius 3 is 2.29 bits per heavy atom. The number of halogens is 1. The van der Waals surface area contributed by atoms with Crippen LogP contribution in [0, 0.1) is 19.7 Å². The molecule has 3 aromatic carbocycles. The van der Waals surface area contributed by atoms with Gasteiger partial charge in [0.15, 0.2) is 0 Å². The molecule has 0 saturated heterocycles. The first-order valence-electron chi connectivity index (χ1n) is 10.7. The van der Waals surface area contributed by atoms with Gasteiger partial charge >= 0.3 is 0 Å². The Hall–Kier alpha value is -4.39. The third-order valence-corrected chi connectivity index (χ3v) is 5.50. The first-order chi connectivity index (χ1) is 16.4. The van der Waals surface area contributed by atoms with E-state index in [2.05, 4.69) is 15.3 Å². The Kier molecular flexibility index (Phi) is 6.73. The minimum Gasteiger partial charge on any atom is -0.324 e. The standard InChI is InChI=1S/C27H23FN4O2/c1-18-8-13-23(16-19(18)2)32(27(34)24-17-29-14-15-30-24)25(20-6-4-3-5-7-20)26(33)31-22-11-9-21(28)10-12-22/h3-17,25H,1-2H3,(H,31,33). The maximum Gasteiger partial charge on any atom is 0.279 e. The quantitative estimate of drug-likeness (QED) is 0.431. The summed E-state index contributed by atoms with van der Waals surface area (Å²) in [4.78, 5) is 37.0. The van der Waals surface area contributed by atoms with Gasteiger partial charge in [-0.25, -0.2) is 9.37 Å². The number of amides is 2. The second-order valence-corrected chi connectivity index (χ2v) is 7.84. The molecule has 0 fully saturated rings. The van der Waals surface area contributed by atoms with E-state index in [-0.39, 0.29) is 5.69 Å². The molecule has 0 aliphatic carbocycles. The normalized spacial score (nSPS) is 11.5. The van der Waals surface area contributed by atoms with Gasteiger partial charge < -0.3 is 5.32 Å². The lowest BCUT2D eigenvalue weighted by Gasteiger charge is -2.31. The zero-order chi connectivity index (χ0) is 24.1. The van der Waals surface area contributed by atoms with E-state index in [1.165, 1.54) is 47.8 Å². The Labute approximate surface area is 197 Å². The van der Waals surface area contributed by atoms with Crippen molar-refractivity contribution in [3.63, 3.8) is 0 Å². The number of hydrogen-bond donors (Lipinski definition) is 1. The second-order valence-electron chi connectivity index (χ2n) is 7.84. The Morgan fingerprint density at radius 1 is 0.912 bits per heavy atom. The van der Waals surface area contributed by atoms with Crippen molar-refractivity contribution in [2.45, 2.75) is 19.9 Å². The Bertz CT molecular complexity index is 1300. The summed E-state index contributed by atoms with van der Waals surface area (Å²) in [6.07, 6.45) is 4.28. The molecule has 170 valence electrons. The number of benzene rings is 3. The Balaban J connectivity index is 1.84. The Morgan fingerprint density at radius 2 is 1.65 bits per heavy atom. The van der Waals surface area contributed by atoms with Gasteiger partial charge in [0.05, 0.1) is 6.20 Å². The maximum absolute atomic E-state index is 13.8. The van der Waals surface area contributed by atoms with Crippen molar-refractivity contribution in [1.29, 1.82) is 0 Å². The molecule has 4 aromatic rings. The lowest BCUT2D eigenvalue weighted by atomic mass is 10.0. The van der Waals surface area contributed by atoms with Gasteiger partial charge in [-0.05, 0) is 66.9 Å². The molecule has 7 heteroatoms. The average molecular weight is 455 g/mol. The summed E-state index contributed by atoms with van der Waals surface area (Å²) in [6, 6.07) is 19.0. The lowest BCUT2D eigenvalue weighted by Crippen LogP contribution is -2.42. The van der Waals surface area contributed by atoms with Gasteiger partial charge in [0.1, 0.15) is 17.6 Å². The van der Waals surface area contributed by atoms with E-state index in [4.69, 9.17) is 0 Å². The third kappa shape index (κ3) is 4.99. The van der Waals surface area contributed by atoms with Crippen molar-refractivity contribution in [1.82, 2.24) is 9.97 Å². The highest BCUT2D eigenvalue weighted by atomic mass is 19.1. The van der Waals surface area contributed by atoms with Crippen LogP contribution >= 0.6 is 0 Å². The average Bonchev–Trinajstić information content (AvgIpc) is 2.86. The largest absolute Gasteiger partial charge is 0.324 e. The van der Waals surface area contributed by atoms with Gasteiger partial charge in [-0.1, -0.05) is 36.4 Å². The van der Waals surface area contributed by atoms with Crippen molar-refractivity contribution < 1.29 is 14.0 Å². The van der Waals surface area contributed by atoms with Gasteiger partial charge in [0.2, 0.25) is 0 Å². The summed E-state index contributed by atoms with van der Waals surface area (Å²) in [5.41, 5.74) is 3.71. The van der Waals surface area contributed by atoms with Crippen molar-refractivity contribution in [3.8, 4) is 0 Å². The molecular weight excluding hydrogens is 431 g/mol. The second kappa shape index (κ2) is 10.0. The van der Waals surface area contributed by atoms with Crippen LogP contribution < -0.4 is 10.2 Å². The predicted molar refractivity (Wildman–Crippen MR) is 129 cm³/mol. The van der Waals surface area contributed by atoms with Crippen LogP contribution in [0.25, 0.3) is 0 Å². The fourth-order valence-electron chi connectivity index (χ4n) is 3.59. The lowest BCUT2D eigenvalue weighted by molar-refractivity contribution is -0.117. The molecule has 1 N–H and O–H groups in total. The van der Waals surface area contributed by atoms with Gasteiger partial charge in [-0.2, -0.15) is 0 Å². The molecule has 0 radical (unpaired) electrons. The van der Waals surface area contributed by atoms with Crippen LogP contribution in [-0.2, 0) is 4.79 Å². The summed E-state index contributed by atoms with van der Waals surface area (Å²) in [5.74, 6) is -1.33. The topological polar surface area (TPSA) is 75.2 Å². The number of rotatable bonds is 6. The van der Waals surface area contributed by atoms with Crippen LogP contribution in [-0.4, -0.2) is 21.8 Å². The maximum atomic E-state index is 13.8. The minimum absolute atomic E-state index is 0.108. The van der Waals surface area contributed by atoms with E-state index in [1.54, 1.807) is 30.3 Å². The van der Waals surface area contributed by atoms with Gasteiger partial charge in [0.25, 0.3) is 11.8 Å². The molecule has 34 heavy (non-hydrogen) atoms. The molecule has 6 nitrogen and oxygen atoms in total. The van der Waals surface area contributed by atoms with Crippen LogP contribution in [0.5, 0.6) is 0 Å². The van der Waals surface area contributed by atoms with Crippen LogP contribution in [0.1, 0.15) is 33.2 Å². The summed E-state index contributed by atoms with van der Waals surface area (Å²) < 4.78 is 13.4. The van der Waals surface area contributed by atoms with Crippen molar-refractivity contribution >= 4 is 23.2 Å². The number of nitrogens with one attached hydrogen (secondary N) is 1. The molecule has 1 aromatic heterocycles. The van der Waals surface area contributed by atoms with Gasteiger partial charge in [0, 0.05) is 23.8 Å². The highest BCUT2D eigenvalue weighted by Gasteiger charge is 2.34. The first kappa shape index (κ1) is 22.8. The number of carbonyl (C=O) groups excluding carboxylic acids is 2. The molecule has 1 unspecified atom stereocenters. The van der Waals surface area contributed by atoms with Gasteiger partial charge in [-0.15, -0.1) is 0 Å². The number of aryl methyl sites for hydroxylation is 2. The molecule has 1 atom stereocenters. The predicted octanol–water partition coefficient (Wildman–Crippen LogP) is 5.26. The molecule has 0 aliphatic rings. The van der Waals surface area contributed by atoms with Crippen molar-refractivity contribution in [2.75, 3.05) is 10.2 Å². The third-order valence-electron chi connectivity index (χ3n) is 5.50. The first-order valence-corrected chi connectivity index (χ1v) is 10.7. The molecule has 4 rings (SSSR count). The summed E-state index contributed by atoms with van der Waals surface area (Å²) in [7, 11) is 0. The number of carbonyl (C=O) groups is 2. The summed E-state index contributed by atoms with van der Waals surface area (Å²) in [5, 5.41) is 2.81. The fraction of sp³-hybridized carbons (Fsp3) is 0.111. The number of hydrogen-bond acceptors (Lipinski definition) is 4. The molecule has 0 saturated carbocycles. The van der Waals surface area contributed by atoms with Crippen molar-refractivity contribution in [3.05, 3.63) is 120 Å². The highest BCUT2D eigenvalue weighted by Crippen LogP contribution is 2.31. The van der Waals surface area contributed by atoms with Crippen molar-refractivity contribution in [2.24, 2.45) is 0 Å². The molecule has 0 bridgehead atoms. The monoisotopic (exact) mass is 454 g/mol. The van der Waals surface area contributed by atoms with Crippen LogP contribution in [0.3, 0.4) is 0 Å². The molecule has 1 heterocycles. The minimum atomic E-state index is -1.03. The zero-order valence-electron chi connectivity index (χ0n) is 18.8. The zero-order valence-corrected chi connectivity index (χ0v) is 18.8. The van der Waals surface area contributed by atoms with E-state index < -0.39 is 23.7 Å². The van der Waals surface area contributed by atoms with E-state index in [9.17, 15) is 14.0 Å². The van der Waals surface area contributed by atoms with E-state index >= 15 is 0 Å². The van der Waals surface area contributed by atoms with E-state index in [0.29, 0.717) is 16.9 Å². The van der Waals surface area contributed by atoms with Crippen LogP contribution in [0.15, 0.2) is 91.4 Å². The number of aromatic nitrogens is 2. The number of nitrogens with zero attached hydrogens (tertiary/aromatic N) is 3. The summed E-state index contributed by atoms with van der Waals surface area (Å²) in [6.45, 7) is 3.92. The van der Waals surface area contributed by atoms with Gasteiger partial charge in [-0.3, -0.25) is 19.5 Å². The highest BCUT2D eigenvalue weighted by molar-refractivity contribution is 6.11. The van der Waals surface area contributed by atoms with E-state index in [1.807, 2.05) is 32.0 Å². The molecular formula is C27H23FN4O2. The fourth-order valence-corrected chi connectivity index (χ4v) is 3.59. The van der Waals surface area contributed by atoms with Crippen LogP contribution in [0.4, 0.5) is 15.8 Å². The molecule has 2 amide bonds. The summed E-state index contributed by atoms with van der Waals surface area (Å²) >= 11 is 0. The smallest absolute Gasteiger partial charge is 0.279 e. The number of anilines is 2. The molecule has 0 spiro atoms. The SMILES string of the molecule is Cc1ccc(N(C(=O)c2cnccn2)C(C(=O)Nc2ccc(F)cc2)c2ccccc2)cc1C. The van der Waals surface area contributed by atoms with E-state index in [0.717, 1.165) is 11.1 Å². The van der Waals surface area contributed by atoms with Crippen LogP contribution in [0.2, 0.25) is 0 Å². The molecule has 0 aliphatic heterocycles.